The lowest BCUT2D eigenvalue weighted by atomic mass is 10.1. The summed E-state index contributed by atoms with van der Waals surface area (Å²) >= 11 is 1.35. The number of tetrazole rings is 1. The van der Waals surface area contributed by atoms with Crippen molar-refractivity contribution in [1.82, 2.24) is 25.2 Å². The molecule has 144 valence electrons. The average Bonchev–Trinajstić information content (AvgIpc) is 3.22. The third-order valence-corrected chi connectivity index (χ3v) is 5.72. The van der Waals surface area contributed by atoms with Crippen molar-refractivity contribution in [3.05, 3.63) is 23.9 Å². The highest BCUT2D eigenvalue weighted by Gasteiger charge is 2.23. The van der Waals surface area contributed by atoms with Crippen LogP contribution < -0.4 is 9.47 Å². The van der Waals surface area contributed by atoms with E-state index >= 15 is 0 Å². The summed E-state index contributed by atoms with van der Waals surface area (Å²) in [6.07, 6.45) is 3.24. The van der Waals surface area contributed by atoms with Crippen LogP contribution in [0.25, 0.3) is 10.9 Å². The van der Waals surface area contributed by atoms with Crippen molar-refractivity contribution in [3.8, 4) is 17.6 Å². The zero-order valence-electron chi connectivity index (χ0n) is 15.5. The monoisotopic (exact) mass is 398 g/mol. The number of methoxy groups -OCH3 is 2. The van der Waals surface area contributed by atoms with Crippen LogP contribution in [0.5, 0.6) is 11.5 Å². The largest absolute Gasteiger partial charge is 0.497 e. The molecule has 0 N–H and O–H groups in total. The Morgan fingerprint density at radius 2 is 2.07 bits per heavy atom. The Kier molecular flexibility index (Phi) is 5.27. The van der Waals surface area contributed by atoms with Gasteiger partial charge in [0.25, 0.3) is 0 Å². The molecule has 1 fully saturated rings. The molecule has 3 aromatic rings. The molecule has 0 atom stereocenters. The van der Waals surface area contributed by atoms with Crippen molar-refractivity contribution in [3.63, 3.8) is 0 Å². The molecule has 1 aliphatic heterocycles. The van der Waals surface area contributed by atoms with E-state index in [1.54, 1.807) is 26.5 Å². The molecule has 3 heterocycles. The molecular weight excluding hydrogens is 380 g/mol. The smallest absolute Gasteiger partial charge is 0.214 e. The van der Waals surface area contributed by atoms with Gasteiger partial charge in [0.1, 0.15) is 23.1 Å². The molecule has 1 saturated heterocycles. The fourth-order valence-electron chi connectivity index (χ4n) is 3.19. The molecule has 9 nitrogen and oxygen atoms in total. The maximum atomic E-state index is 9.64. The SMILES string of the molecule is COc1cc(OC)c2ncc(C#N)c(Sc3nnnn3C3CCOCC3)c2c1. The summed E-state index contributed by atoms with van der Waals surface area (Å²) in [5.41, 5.74) is 1.09. The van der Waals surface area contributed by atoms with Gasteiger partial charge in [0.15, 0.2) is 0 Å². The second-order valence-electron chi connectivity index (χ2n) is 6.19. The van der Waals surface area contributed by atoms with Crippen molar-refractivity contribution in [2.75, 3.05) is 27.4 Å². The Hall–Kier alpha value is -2.90. The summed E-state index contributed by atoms with van der Waals surface area (Å²) in [5.74, 6) is 1.19. The van der Waals surface area contributed by atoms with E-state index in [2.05, 4.69) is 26.6 Å². The van der Waals surface area contributed by atoms with Gasteiger partial charge >= 0.3 is 0 Å². The van der Waals surface area contributed by atoms with Crippen molar-refractivity contribution in [2.24, 2.45) is 0 Å². The van der Waals surface area contributed by atoms with Crippen LogP contribution >= 0.6 is 11.8 Å². The van der Waals surface area contributed by atoms with E-state index in [9.17, 15) is 5.26 Å². The predicted octanol–water partition coefficient (Wildman–Crippen LogP) is 2.61. The normalized spacial score (nSPS) is 14.8. The van der Waals surface area contributed by atoms with Crippen molar-refractivity contribution in [2.45, 2.75) is 28.9 Å². The molecule has 10 heteroatoms. The number of nitrogens with zero attached hydrogens (tertiary/aromatic N) is 6. The first kappa shape index (κ1) is 18.5. The van der Waals surface area contributed by atoms with Gasteiger partial charge in [0.2, 0.25) is 5.16 Å². The number of hydrogen-bond donors (Lipinski definition) is 0. The molecule has 0 bridgehead atoms. The van der Waals surface area contributed by atoms with Crippen molar-refractivity contribution in [1.29, 1.82) is 5.26 Å². The van der Waals surface area contributed by atoms with Gasteiger partial charge in [0.05, 0.1) is 25.8 Å². The number of hydrogen-bond acceptors (Lipinski definition) is 9. The number of pyridine rings is 1. The molecule has 28 heavy (non-hydrogen) atoms. The van der Waals surface area contributed by atoms with E-state index < -0.39 is 0 Å². The van der Waals surface area contributed by atoms with Crippen LogP contribution in [0, 0.1) is 11.3 Å². The molecule has 0 radical (unpaired) electrons. The minimum Gasteiger partial charge on any atom is -0.497 e. The summed E-state index contributed by atoms with van der Waals surface area (Å²) in [4.78, 5) is 5.12. The van der Waals surface area contributed by atoms with E-state index in [0.29, 0.717) is 45.8 Å². The number of rotatable bonds is 5. The molecule has 0 spiro atoms. The first-order valence-electron chi connectivity index (χ1n) is 8.73. The Morgan fingerprint density at radius 3 is 2.79 bits per heavy atom. The van der Waals surface area contributed by atoms with Crippen LogP contribution in [0.15, 0.2) is 28.4 Å². The number of aromatic nitrogens is 5. The number of nitriles is 1. The number of ether oxygens (including phenoxy) is 3. The summed E-state index contributed by atoms with van der Waals surface area (Å²) < 4.78 is 18.1. The molecule has 4 rings (SSSR count). The van der Waals surface area contributed by atoms with Crippen LogP contribution in [0.1, 0.15) is 24.4 Å². The van der Waals surface area contributed by atoms with E-state index in [0.717, 1.165) is 18.2 Å². The Bertz CT molecular complexity index is 1040. The van der Waals surface area contributed by atoms with E-state index in [-0.39, 0.29) is 6.04 Å². The highest BCUT2D eigenvalue weighted by atomic mass is 32.2. The fraction of sp³-hybridized carbons (Fsp3) is 0.389. The zero-order chi connectivity index (χ0) is 19.5. The van der Waals surface area contributed by atoms with Crippen molar-refractivity contribution >= 4 is 22.7 Å². The van der Waals surface area contributed by atoms with Crippen LogP contribution in [0.3, 0.4) is 0 Å². The fourth-order valence-corrected chi connectivity index (χ4v) is 4.20. The van der Waals surface area contributed by atoms with Crippen LogP contribution in [-0.4, -0.2) is 52.6 Å². The third kappa shape index (κ3) is 3.34. The lowest BCUT2D eigenvalue weighted by Crippen LogP contribution is -2.21. The third-order valence-electron chi connectivity index (χ3n) is 4.63. The lowest BCUT2D eigenvalue weighted by molar-refractivity contribution is 0.0631. The first-order valence-corrected chi connectivity index (χ1v) is 9.55. The van der Waals surface area contributed by atoms with Gasteiger partial charge in [-0.1, -0.05) is 0 Å². The minimum atomic E-state index is 0.175. The molecular formula is C18H18N6O3S. The predicted molar refractivity (Wildman–Crippen MR) is 101 cm³/mol. The van der Waals surface area contributed by atoms with Gasteiger partial charge in [-0.15, -0.1) is 5.10 Å². The Balaban J connectivity index is 1.82. The molecule has 1 aromatic carbocycles. The van der Waals surface area contributed by atoms with Gasteiger partial charge in [-0.3, -0.25) is 4.98 Å². The molecule has 2 aromatic heterocycles. The Labute approximate surface area is 165 Å². The molecule has 0 aliphatic carbocycles. The standard InChI is InChI=1S/C18H18N6O3S/c1-25-13-7-14-16(15(8-13)26-2)20-10-11(9-19)17(14)28-18-21-22-23-24(18)12-3-5-27-6-4-12/h7-8,10,12H,3-6H2,1-2H3. The first-order chi connectivity index (χ1) is 13.7. The summed E-state index contributed by atoms with van der Waals surface area (Å²) in [6.45, 7) is 1.37. The van der Waals surface area contributed by atoms with Gasteiger partial charge in [0, 0.05) is 35.8 Å². The van der Waals surface area contributed by atoms with Gasteiger partial charge in [-0.25, -0.2) is 4.68 Å². The second-order valence-corrected chi connectivity index (χ2v) is 7.17. The molecule has 0 saturated carbocycles. The van der Waals surface area contributed by atoms with Crippen molar-refractivity contribution < 1.29 is 14.2 Å². The van der Waals surface area contributed by atoms with Gasteiger partial charge < -0.3 is 14.2 Å². The van der Waals surface area contributed by atoms with Crippen LogP contribution in [0.2, 0.25) is 0 Å². The summed E-state index contributed by atoms with van der Waals surface area (Å²) in [6, 6.07) is 6.00. The average molecular weight is 398 g/mol. The van der Waals surface area contributed by atoms with E-state index in [4.69, 9.17) is 14.2 Å². The van der Waals surface area contributed by atoms with E-state index in [1.807, 2.05) is 10.7 Å². The van der Waals surface area contributed by atoms with Crippen LogP contribution in [-0.2, 0) is 4.74 Å². The quantitative estimate of drug-likeness (QED) is 0.640. The highest BCUT2D eigenvalue weighted by Crippen LogP contribution is 2.40. The molecule has 1 aliphatic rings. The maximum absolute atomic E-state index is 9.64. The second kappa shape index (κ2) is 8.00. The minimum absolute atomic E-state index is 0.175. The summed E-state index contributed by atoms with van der Waals surface area (Å²) in [5, 5.41) is 23.2. The number of fused-ring (bicyclic) bond motifs is 1. The lowest BCUT2D eigenvalue weighted by Gasteiger charge is -2.22. The number of benzene rings is 1. The Morgan fingerprint density at radius 1 is 1.25 bits per heavy atom. The van der Waals surface area contributed by atoms with E-state index in [1.165, 1.54) is 11.8 Å². The molecule has 0 unspecified atom stereocenters. The zero-order valence-corrected chi connectivity index (χ0v) is 16.3. The van der Waals surface area contributed by atoms with Crippen LogP contribution in [0.4, 0.5) is 0 Å². The topological polar surface area (TPSA) is 108 Å². The van der Waals surface area contributed by atoms with Gasteiger partial charge in [-0.05, 0) is 41.1 Å². The maximum Gasteiger partial charge on any atom is 0.214 e. The van der Waals surface area contributed by atoms with Gasteiger partial charge in [-0.2, -0.15) is 5.26 Å². The molecule has 0 amide bonds. The highest BCUT2D eigenvalue weighted by molar-refractivity contribution is 7.99. The summed E-state index contributed by atoms with van der Waals surface area (Å²) in [7, 11) is 3.16.